The Labute approximate surface area is 163 Å². The van der Waals surface area contributed by atoms with Crippen LogP contribution in [0.5, 0.6) is 0 Å². The number of imidazole rings is 1. The number of hydrogen-bond acceptors (Lipinski definition) is 5. The van der Waals surface area contributed by atoms with E-state index in [1.165, 1.54) is 5.56 Å². The van der Waals surface area contributed by atoms with Crippen LogP contribution in [0.1, 0.15) is 36.1 Å². The molecule has 4 rings (SSSR count). The molecule has 0 aliphatic carbocycles. The van der Waals surface area contributed by atoms with E-state index in [4.69, 9.17) is 0 Å². The predicted octanol–water partition coefficient (Wildman–Crippen LogP) is 4.53. The molecular weight excluding hydrogens is 348 g/mol. The summed E-state index contributed by atoms with van der Waals surface area (Å²) in [6.07, 6.45) is 6.14. The maximum atomic E-state index is 9.56. The van der Waals surface area contributed by atoms with Crippen LogP contribution in [0.4, 0.5) is 5.95 Å². The summed E-state index contributed by atoms with van der Waals surface area (Å²) in [5, 5.41) is 13.0. The first-order chi connectivity index (χ1) is 13.7. The highest BCUT2D eigenvalue weighted by molar-refractivity contribution is 5.68. The summed E-state index contributed by atoms with van der Waals surface area (Å²) in [5.41, 5.74) is 4.85. The summed E-state index contributed by atoms with van der Waals surface area (Å²) in [6, 6.07) is 16.5. The van der Waals surface area contributed by atoms with Gasteiger partial charge in [0.2, 0.25) is 5.95 Å². The molecule has 0 saturated heterocycles. The van der Waals surface area contributed by atoms with Crippen molar-refractivity contribution in [1.82, 2.24) is 19.4 Å². The highest BCUT2D eigenvalue weighted by Gasteiger charge is 2.16. The highest BCUT2D eigenvalue weighted by Crippen LogP contribution is 2.26. The minimum atomic E-state index is 0.0893. The van der Waals surface area contributed by atoms with Gasteiger partial charge in [0.1, 0.15) is 17.4 Å². The average Bonchev–Trinajstić information content (AvgIpc) is 3.18. The monoisotopic (exact) mass is 368 g/mol. The Morgan fingerprint density at radius 2 is 1.93 bits per heavy atom. The van der Waals surface area contributed by atoms with Gasteiger partial charge in [0, 0.05) is 6.20 Å². The fourth-order valence-corrected chi connectivity index (χ4v) is 3.32. The maximum Gasteiger partial charge on any atom is 0.223 e. The molecule has 0 bridgehead atoms. The van der Waals surface area contributed by atoms with E-state index in [0.717, 1.165) is 23.3 Å². The number of fused-ring (bicyclic) bond motifs is 1. The fraction of sp³-hybridized carbons (Fsp3) is 0.182. The third-order valence-corrected chi connectivity index (χ3v) is 4.80. The molecule has 0 saturated carbocycles. The molecule has 1 aromatic carbocycles. The van der Waals surface area contributed by atoms with Crippen LogP contribution in [0.3, 0.4) is 0 Å². The van der Waals surface area contributed by atoms with E-state index in [1.807, 2.05) is 47.9 Å². The summed E-state index contributed by atoms with van der Waals surface area (Å²) in [6.45, 7) is 4.12. The van der Waals surface area contributed by atoms with Crippen LogP contribution in [-0.2, 0) is 0 Å². The number of aromatic nitrogens is 4. The average molecular weight is 368 g/mol. The van der Waals surface area contributed by atoms with E-state index in [9.17, 15) is 5.26 Å². The van der Waals surface area contributed by atoms with E-state index >= 15 is 0 Å². The van der Waals surface area contributed by atoms with Gasteiger partial charge in [0.05, 0.1) is 29.7 Å². The smallest absolute Gasteiger partial charge is 0.223 e. The zero-order valence-electron chi connectivity index (χ0n) is 15.8. The number of hydrogen-bond donors (Lipinski definition) is 1. The first-order valence-corrected chi connectivity index (χ1v) is 9.23. The van der Waals surface area contributed by atoms with Gasteiger partial charge in [-0.05, 0) is 30.5 Å². The molecular formula is C22H20N6. The molecule has 0 unspecified atom stereocenters. The van der Waals surface area contributed by atoms with E-state index in [1.54, 1.807) is 12.4 Å². The number of nitrogens with zero attached hydrogens (tertiary/aromatic N) is 5. The van der Waals surface area contributed by atoms with Crippen molar-refractivity contribution in [2.24, 2.45) is 0 Å². The molecule has 0 radical (unpaired) electrons. The topological polar surface area (TPSA) is 78.9 Å². The lowest BCUT2D eigenvalue weighted by Gasteiger charge is -2.18. The second-order valence-corrected chi connectivity index (χ2v) is 6.61. The molecule has 1 atom stereocenters. The largest absolute Gasteiger partial charge is 0.347 e. The lowest BCUT2D eigenvalue weighted by atomic mass is 10.1. The van der Waals surface area contributed by atoms with Crippen LogP contribution in [-0.4, -0.2) is 19.4 Å². The zero-order valence-corrected chi connectivity index (χ0v) is 15.8. The number of nitriles is 1. The third kappa shape index (κ3) is 3.19. The molecule has 0 aliphatic heterocycles. The Kier molecular flexibility index (Phi) is 4.73. The summed E-state index contributed by atoms with van der Waals surface area (Å²) in [5.74, 6) is 0.493. The van der Waals surface area contributed by atoms with Crippen molar-refractivity contribution in [2.75, 3.05) is 5.32 Å². The normalized spacial score (nSPS) is 11.9. The molecule has 0 aliphatic rings. The number of pyridine rings is 1. The van der Waals surface area contributed by atoms with Crippen LogP contribution < -0.4 is 5.32 Å². The van der Waals surface area contributed by atoms with Crippen LogP contribution in [0.15, 0.2) is 61.1 Å². The second-order valence-electron chi connectivity index (χ2n) is 6.61. The SMILES string of the molecule is CC[C@H](Nc1ncc(C#N)c(-c2cnc3c(C)cccn23)n1)c1ccccc1. The van der Waals surface area contributed by atoms with Crippen molar-refractivity contribution in [1.29, 1.82) is 5.26 Å². The Hall–Kier alpha value is -3.72. The zero-order chi connectivity index (χ0) is 19.5. The predicted molar refractivity (Wildman–Crippen MR) is 109 cm³/mol. The van der Waals surface area contributed by atoms with E-state index < -0.39 is 0 Å². The van der Waals surface area contributed by atoms with E-state index in [-0.39, 0.29) is 6.04 Å². The standard InChI is InChI=1S/C22H20N6/c1-3-18(16-9-5-4-6-10-16)26-22-25-13-17(12-23)20(27-22)19-14-24-21-15(2)8-7-11-28(19)21/h4-11,13-14,18H,3H2,1-2H3,(H,25,26,27)/t18-/m0/s1. The summed E-state index contributed by atoms with van der Waals surface area (Å²) < 4.78 is 1.96. The number of aryl methyl sites for hydroxylation is 1. The van der Waals surface area contributed by atoms with Gasteiger partial charge in [-0.2, -0.15) is 5.26 Å². The maximum absolute atomic E-state index is 9.56. The molecule has 138 valence electrons. The van der Waals surface area contributed by atoms with Gasteiger partial charge >= 0.3 is 0 Å². The van der Waals surface area contributed by atoms with Gasteiger partial charge in [0.15, 0.2) is 0 Å². The number of anilines is 1. The number of rotatable bonds is 5. The third-order valence-electron chi connectivity index (χ3n) is 4.80. The minimum Gasteiger partial charge on any atom is -0.347 e. The van der Waals surface area contributed by atoms with Crippen molar-refractivity contribution in [3.05, 3.63) is 77.7 Å². The molecule has 6 nitrogen and oxygen atoms in total. The second kappa shape index (κ2) is 7.49. The van der Waals surface area contributed by atoms with Crippen LogP contribution >= 0.6 is 0 Å². The van der Waals surface area contributed by atoms with Crippen LogP contribution in [0, 0.1) is 18.3 Å². The molecule has 1 N–H and O–H groups in total. The molecule has 0 fully saturated rings. The lowest BCUT2D eigenvalue weighted by molar-refractivity contribution is 0.738. The van der Waals surface area contributed by atoms with Gasteiger partial charge in [0.25, 0.3) is 0 Å². The molecule has 28 heavy (non-hydrogen) atoms. The van der Waals surface area contributed by atoms with Gasteiger partial charge in [-0.15, -0.1) is 0 Å². The van der Waals surface area contributed by atoms with Gasteiger partial charge in [-0.1, -0.05) is 43.3 Å². The van der Waals surface area contributed by atoms with E-state index in [0.29, 0.717) is 17.2 Å². The van der Waals surface area contributed by atoms with Gasteiger partial charge in [-0.25, -0.2) is 15.0 Å². The molecule has 6 heteroatoms. The molecule has 0 spiro atoms. The Morgan fingerprint density at radius 1 is 1.11 bits per heavy atom. The molecule has 4 aromatic rings. The molecule has 3 aromatic heterocycles. The number of benzene rings is 1. The van der Waals surface area contributed by atoms with Crippen molar-refractivity contribution in [2.45, 2.75) is 26.3 Å². The Morgan fingerprint density at radius 3 is 2.68 bits per heavy atom. The fourth-order valence-electron chi connectivity index (χ4n) is 3.32. The van der Waals surface area contributed by atoms with Crippen LogP contribution in [0.25, 0.3) is 17.0 Å². The first-order valence-electron chi connectivity index (χ1n) is 9.23. The van der Waals surface area contributed by atoms with Crippen molar-refractivity contribution >= 4 is 11.6 Å². The van der Waals surface area contributed by atoms with E-state index in [2.05, 4.69) is 45.4 Å². The van der Waals surface area contributed by atoms with Crippen molar-refractivity contribution < 1.29 is 0 Å². The summed E-state index contributed by atoms with van der Waals surface area (Å²) >= 11 is 0. The van der Waals surface area contributed by atoms with Gasteiger partial charge < -0.3 is 5.32 Å². The first kappa shape index (κ1) is 17.7. The summed E-state index contributed by atoms with van der Waals surface area (Å²) in [4.78, 5) is 13.5. The Balaban J connectivity index is 1.76. The highest BCUT2D eigenvalue weighted by atomic mass is 15.1. The van der Waals surface area contributed by atoms with Crippen molar-refractivity contribution in [3.8, 4) is 17.5 Å². The van der Waals surface area contributed by atoms with Crippen molar-refractivity contribution in [3.63, 3.8) is 0 Å². The Bertz CT molecular complexity index is 1160. The quantitative estimate of drug-likeness (QED) is 0.560. The molecule has 0 amide bonds. The molecule has 3 heterocycles. The lowest BCUT2D eigenvalue weighted by Crippen LogP contribution is -2.12. The number of nitrogens with one attached hydrogen (secondary N) is 1. The minimum absolute atomic E-state index is 0.0893. The summed E-state index contributed by atoms with van der Waals surface area (Å²) in [7, 11) is 0. The van der Waals surface area contributed by atoms with Crippen LogP contribution in [0.2, 0.25) is 0 Å². The van der Waals surface area contributed by atoms with Gasteiger partial charge in [-0.3, -0.25) is 4.40 Å².